The Balaban J connectivity index is 1.91. The number of anilines is 1. The monoisotopic (exact) mass is 296 g/mol. The van der Waals surface area contributed by atoms with Gasteiger partial charge in [0.1, 0.15) is 12.4 Å². The fraction of sp³-hybridized carbons (Fsp3) is 0.250. The summed E-state index contributed by atoms with van der Waals surface area (Å²) in [5.41, 5.74) is 5.54. The van der Waals surface area contributed by atoms with Crippen LogP contribution in [0.3, 0.4) is 0 Å². The van der Waals surface area contributed by atoms with E-state index in [1.807, 2.05) is 18.2 Å². The van der Waals surface area contributed by atoms with Gasteiger partial charge in [0, 0.05) is 13.6 Å². The Morgan fingerprint density at radius 2 is 2.05 bits per heavy atom. The highest BCUT2D eigenvalue weighted by molar-refractivity contribution is 7.89. The number of hydrogen-bond acceptors (Lipinski definition) is 5. The van der Waals surface area contributed by atoms with Gasteiger partial charge in [-0.3, -0.25) is 0 Å². The highest BCUT2D eigenvalue weighted by Crippen LogP contribution is 2.14. The molecule has 1 heterocycles. The molecule has 0 saturated heterocycles. The van der Waals surface area contributed by atoms with E-state index >= 15 is 0 Å². The van der Waals surface area contributed by atoms with E-state index in [0.29, 0.717) is 5.75 Å². The Morgan fingerprint density at radius 1 is 1.35 bits per heavy atom. The lowest BCUT2D eigenvalue weighted by atomic mass is 10.3. The number of imidazole rings is 1. The fourth-order valence-electron chi connectivity index (χ4n) is 1.69. The third-order valence-corrected chi connectivity index (χ3v) is 4.16. The molecule has 0 saturated carbocycles. The lowest BCUT2D eigenvalue weighted by Crippen LogP contribution is -2.30. The van der Waals surface area contributed by atoms with Crippen molar-refractivity contribution in [2.45, 2.75) is 5.03 Å². The van der Waals surface area contributed by atoms with Crippen LogP contribution in [0.4, 0.5) is 5.82 Å². The Kier molecular flexibility index (Phi) is 4.26. The normalized spacial score (nSPS) is 11.4. The van der Waals surface area contributed by atoms with Crippen LogP contribution in [0.1, 0.15) is 0 Å². The van der Waals surface area contributed by atoms with Crippen LogP contribution in [-0.2, 0) is 17.1 Å². The van der Waals surface area contributed by atoms with Crippen LogP contribution in [0.2, 0.25) is 0 Å². The number of para-hydroxylation sites is 1. The molecule has 0 fully saturated rings. The van der Waals surface area contributed by atoms with Gasteiger partial charge in [-0.05, 0) is 12.1 Å². The molecule has 2 rings (SSSR count). The number of benzene rings is 1. The van der Waals surface area contributed by atoms with Gasteiger partial charge in [0.05, 0.1) is 6.33 Å². The fourth-order valence-corrected chi connectivity index (χ4v) is 2.94. The molecule has 0 amide bonds. The molecule has 8 heteroatoms. The molecule has 7 nitrogen and oxygen atoms in total. The molecule has 3 N–H and O–H groups in total. The Bertz CT molecular complexity index is 648. The van der Waals surface area contributed by atoms with E-state index in [9.17, 15) is 8.42 Å². The lowest BCUT2D eigenvalue weighted by Gasteiger charge is -2.09. The van der Waals surface area contributed by atoms with Crippen LogP contribution in [0.25, 0.3) is 0 Å². The lowest BCUT2D eigenvalue weighted by molar-refractivity contribution is 0.322. The number of nitrogen functional groups attached to an aromatic ring is 1. The molecule has 0 spiro atoms. The van der Waals surface area contributed by atoms with Crippen LogP contribution < -0.4 is 15.2 Å². The summed E-state index contributed by atoms with van der Waals surface area (Å²) in [6.07, 6.45) is 1.35. The van der Waals surface area contributed by atoms with E-state index in [0.717, 1.165) is 0 Å². The number of aryl methyl sites for hydroxylation is 1. The van der Waals surface area contributed by atoms with Gasteiger partial charge in [-0.2, -0.15) is 0 Å². The zero-order valence-electron chi connectivity index (χ0n) is 11.0. The first-order chi connectivity index (χ1) is 9.50. The molecule has 0 aliphatic rings. The van der Waals surface area contributed by atoms with E-state index in [2.05, 4.69) is 9.71 Å². The topological polar surface area (TPSA) is 99.2 Å². The van der Waals surface area contributed by atoms with Gasteiger partial charge in [0.2, 0.25) is 0 Å². The van der Waals surface area contributed by atoms with Gasteiger partial charge in [-0.25, -0.2) is 18.1 Å². The largest absolute Gasteiger partial charge is 0.492 e. The Hall–Kier alpha value is -2.06. The van der Waals surface area contributed by atoms with Crippen molar-refractivity contribution in [1.82, 2.24) is 14.3 Å². The van der Waals surface area contributed by atoms with Crippen molar-refractivity contribution in [3.63, 3.8) is 0 Å². The predicted octanol–water partition coefficient (Wildman–Crippen LogP) is 0.360. The van der Waals surface area contributed by atoms with Gasteiger partial charge in [0.25, 0.3) is 10.0 Å². The molecule has 0 bridgehead atoms. The minimum Gasteiger partial charge on any atom is -0.492 e. The first-order valence-electron chi connectivity index (χ1n) is 5.95. The number of nitrogens with zero attached hydrogens (tertiary/aromatic N) is 2. The van der Waals surface area contributed by atoms with Crippen molar-refractivity contribution in [3.05, 3.63) is 36.7 Å². The molecule has 0 unspecified atom stereocenters. The predicted molar refractivity (Wildman–Crippen MR) is 74.7 cm³/mol. The maximum atomic E-state index is 12.0. The standard InChI is InChI=1S/C12H16N4O3S/c1-16-9-14-11(13)12(16)20(17,18)15-7-8-19-10-5-3-2-4-6-10/h2-6,9,15H,7-8,13H2,1H3. The number of ether oxygens (including phenoxy) is 1. The van der Waals surface area contributed by atoms with Gasteiger partial charge in [-0.1, -0.05) is 18.2 Å². The maximum absolute atomic E-state index is 12.0. The van der Waals surface area contributed by atoms with Crippen LogP contribution in [0, 0.1) is 0 Å². The third-order valence-electron chi connectivity index (χ3n) is 2.57. The molecular weight excluding hydrogens is 280 g/mol. The van der Waals surface area contributed by atoms with Crippen molar-refractivity contribution >= 4 is 15.8 Å². The highest BCUT2D eigenvalue weighted by atomic mass is 32.2. The van der Waals surface area contributed by atoms with Crippen molar-refractivity contribution in [3.8, 4) is 5.75 Å². The zero-order chi connectivity index (χ0) is 14.6. The average Bonchev–Trinajstić information content (AvgIpc) is 2.76. The summed E-state index contributed by atoms with van der Waals surface area (Å²) in [5.74, 6) is 0.663. The van der Waals surface area contributed by atoms with Gasteiger partial charge >= 0.3 is 0 Å². The average molecular weight is 296 g/mol. The molecule has 0 aliphatic carbocycles. The molecule has 0 atom stereocenters. The van der Waals surface area contributed by atoms with E-state index < -0.39 is 10.0 Å². The summed E-state index contributed by atoms with van der Waals surface area (Å²) in [6, 6.07) is 9.16. The smallest absolute Gasteiger partial charge is 0.260 e. The van der Waals surface area contributed by atoms with Gasteiger partial charge in [-0.15, -0.1) is 0 Å². The second-order valence-electron chi connectivity index (χ2n) is 4.11. The summed E-state index contributed by atoms with van der Waals surface area (Å²) < 4.78 is 33.3. The van der Waals surface area contributed by atoms with Crippen molar-refractivity contribution in [2.24, 2.45) is 7.05 Å². The van der Waals surface area contributed by atoms with Crippen LogP contribution in [-0.4, -0.2) is 31.1 Å². The molecule has 2 aromatic rings. The SMILES string of the molecule is Cn1cnc(N)c1S(=O)(=O)NCCOc1ccccc1. The Morgan fingerprint density at radius 3 is 2.65 bits per heavy atom. The molecule has 20 heavy (non-hydrogen) atoms. The third kappa shape index (κ3) is 3.28. The van der Waals surface area contributed by atoms with E-state index in [-0.39, 0.29) is 24.0 Å². The second kappa shape index (κ2) is 5.93. The number of rotatable bonds is 6. The van der Waals surface area contributed by atoms with Crippen LogP contribution in [0.15, 0.2) is 41.7 Å². The van der Waals surface area contributed by atoms with Crippen LogP contribution in [0.5, 0.6) is 5.75 Å². The molecular formula is C12H16N4O3S. The Labute approximate surface area is 117 Å². The molecule has 0 radical (unpaired) electrons. The first-order valence-corrected chi connectivity index (χ1v) is 7.43. The summed E-state index contributed by atoms with van der Waals surface area (Å²) >= 11 is 0. The van der Waals surface area contributed by atoms with Crippen molar-refractivity contribution < 1.29 is 13.2 Å². The minimum atomic E-state index is -3.69. The molecule has 1 aromatic heterocycles. The van der Waals surface area contributed by atoms with E-state index in [4.69, 9.17) is 10.5 Å². The number of nitrogens with two attached hydrogens (primary N) is 1. The second-order valence-corrected chi connectivity index (χ2v) is 5.79. The molecule has 108 valence electrons. The number of hydrogen-bond donors (Lipinski definition) is 2. The van der Waals surface area contributed by atoms with Crippen LogP contribution >= 0.6 is 0 Å². The van der Waals surface area contributed by atoms with Gasteiger partial charge < -0.3 is 15.0 Å². The van der Waals surface area contributed by atoms with E-state index in [1.54, 1.807) is 19.2 Å². The summed E-state index contributed by atoms with van der Waals surface area (Å²) in [7, 11) is -2.12. The quantitative estimate of drug-likeness (QED) is 0.750. The number of sulfonamides is 1. The zero-order valence-corrected chi connectivity index (χ0v) is 11.8. The van der Waals surface area contributed by atoms with Gasteiger partial charge in [0.15, 0.2) is 10.8 Å². The van der Waals surface area contributed by atoms with Crippen molar-refractivity contribution in [2.75, 3.05) is 18.9 Å². The maximum Gasteiger partial charge on any atom is 0.260 e. The van der Waals surface area contributed by atoms with E-state index in [1.165, 1.54) is 10.9 Å². The summed E-state index contributed by atoms with van der Waals surface area (Å²) in [6.45, 7) is 0.364. The highest BCUT2D eigenvalue weighted by Gasteiger charge is 2.21. The number of nitrogens with one attached hydrogen (secondary N) is 1. The minimum absolute atomic E-state index is 0.0241. The molecule has 1 aromatic carbocycles. The first kappa shape index (κ1) is 14.4. The molecule has 0 aliphatic heterocycles. The van der Waals surface area contributed by atoms with Crippen molar-refractivity contribution in [1.29, 1.82) is 0 Å². The summed E-state index contributed by atoms with van der Waals surface area (Å²) in [5, 5.41) is -0.0442. The number of aromatic nitrogens is 2. The summed E-state index contributed by atoms with van der Waals surface area (Å²) in [4.78, 5) is 3.75.